The molecule has 1 rings (SSSR count). The lowest BCUT2D eigenvalue weighted by Gasteiger charge is -2.11. The van der Waals surface area contributed by atoms with Gasteiger partial charge in [-0.15, -0.1) is 0 Å². The highest BCUT2D eigenvalue weighted by Crippen LogP contribution is 2.15. The average molecular weight is 259 g/mol. The molecule has 0 radical (unpaired) electrons. The van der Waals surface area contributed by atoms with E-state index in [0.717, 1.165) is 6.42 Å². The lowest BCUT2D eigenvalue weighted by atomic mass is 10.2. The van der Waals surface area contributed by atoms with Crippen molar-refractivity contribution in [2.45, 2.75) is 26.8 Å². The van der Waals surface area contributed by atoms with Crippen molar-refractivity contribution >= 4 is 17.3 Å². The van der Waals surface area contributed by atoms with E-state index in [4.69, 9.17) is 17.3 Å². The Morgan fingerprint density at radius 3 is 2.88 bits per heavy atom. The highest BCUT2D eigenvalue weighted by molar-refractivity contribution is 6.32. The van der Waals surface area contributed by atoms with Crippen molar-refractivity contribution in [1.29, 1.82) is 0 Å². The van der Waals surface area contributed by atoms with Crippen LogP contribution in [0.15, 0.2) is 11.0 Å². The Morgan fingerprint density at radius 2 is 2.29 bits per heavy atom. The smallest absolute Gasteiger partial charge is 0.287 e. The van der Waals surface area contributed by atoms with E-state index in [2.05, 4.69) is 10.4 Å². The number of nitrogens with one attached hydrogen (secondary N) is 1. The molecule has 5 nitrogen and oxygen atoms in total. The van der Waals surface area contributed by atoms with Crippen LogP contribution >= 0.6 is 11.6 Å². The molecule has 1 heterocycles. The number of hydrogen-bond acceptors (Lipinski definition) is 4. The molecule has 96 valence electrons. The Bertz CT molecular complexity index is 416. The van der Waals surface area contributed by atoms with Gasteiger partial charge in [0.2, 0.25) is 0 Å². The van der Waals surface area contributed by atoms with E-state index in [9.17, 15) is 4.79 Å². The molecule has 0 aliphatic carbocycles. The molecule has 0 bridgehead atoms. The van der Waals surface area contributed by atoms with Crippen LogP contribution in [0.3, 0.4) is 0 Å². The van der Waals surface area contributed by atoms with Crippen molar-refractivity contribution in [2.75, 3.05) is 18.4 Å². The quantitative estimate of drug-likeness (QED) is 0.755. The van der Waals surface area contributed by atoms with Gasteiger partial charge in [0.05, 0.1) is 11.9 Å². The van der Waals surface area contributed by atoms with Crippen molar-refractivity contribution < 1.29 is 0 Å². The van der Waals surface area contributed by atoms with Gasteiger partial charge in [-0.3, -0.25) is 4.79 Å². The molecule has 0 spiro atoms. The molecule has 1 aromatic heterocycles. The number of nitrogens with zero attached hydrogens (tertiary/aromatic N) is 2. The van der Waals surface area contributed by atoms with E-state index < -0.39 is 0 Å². The van der Waals surface area contributed by atoms with E-state index in [-0.39, 0.29) is 10.6 Å². The highest BCUT2D eigenvalue weighted by Gasteiger charge is 2.09. The van der Waals surface area contributed by atoms with Crippen molar-refractivity contribution in [2.24, 2.45) is 11.7 Å². The van der Waals surface area contributed by atoms with E-state index in [1.54, 1.807) is 6.20 Å². The van der Waals surface area contributed by atoms with Crippen molar-refractivity contribution in [3.05, 3.63) is 21.6 Å². The molecule has 0 saturated carbocycles. The number of anilines is 1. The molecule has 0 aliphatic heterocycles. The fourth-order valence-electron chi connectivity index (χ4n) is 1.39. The Hall–Kier alpha value is -1.07. The monoisotopic (exact) mass is 258 g/mol. The number of aromatic nitrogens is 2. The fraction of sp³-hybridized carbons (Fsp3) is 0.636. The minimum atomic E-state index is -0.252. The lowest BCUT2D eigenvalue weighted by molar-refractivity contribution is 0.464. The predicted molar refractivity (Wildman–Crippen MR) is 70.5 cm³/mol. The summed E-state index contributed by atoms with van der Waals surface area (Å²) in [5, 5.41) is 7.32. The van der Waals surface area contributed by atoms with Crippen molar-refractivity contribution in [3.63, 3.8) is 0 Å². The van der Waals surface area contributed by atoms with Crippen LogP contribution in [0.1, 0.15) is 20.3 Å². The summed E-state index contributed by atoms with van der Waals surface area (Å²) >= 11 is 5.99. The normalized spacial score (nSPS) is 10.9. The molecule has 6 heteroatoms. The first-order valence-corrected chi connectivity index (χ1v) is 6.13. The molecule has 0 fully saturated rings. The van der Waals surface area contributed by atoms with Gasteiger partial charge < -0.3 is 11.1 Å². The van der Waals surface area contributed by atoms with Gasteiger partial charge in [0, 0.05) is 13.1 Å². The van der Waals surface area contributed by atoms with Gasteiger partial charge in [0.1, 0.15) is 5.02 Å². The molecule has 0 unspecified atom stereocenters. The maximum atomic E-state index is 11.9. The fourth-order valence-corrected chi connectivity index (χ4v) is 1.60. The van der Waals surface area contributed by atoms with Crippen LogP contribution in [0.2, 0.25) is 5.02 Å². The summed E-state index contributed by atoms with van der Waals surface area (Å²) in [6.45, 7) is 5.90. The second-order valence-corrected chi connectivity index (χ2v) is 4.70. The zero-order valence-electron chi connectivity index (χ0n) is 10.2. The summed E-state index contributed by atoms with van der Waals surface area (Å²) in [7, 11) is 0. The highest BCUT2D eigenvalue weighted by atomic mass is 35.5. The van der Waals surface area contributed by atoms with Crippen LogP contribution in [0.4, 0.5) is 5.69 Å². The number of hydrogen-bond donors (Lipinski definition) is 2. The number of halogens is 1. The van der Waals surface area contributed by atoms with Gasteiger partial charge in [-0.05, 0) is 18.9 Å². The molecule has 0 saturated heterocycles. The molecular weight excluding hydrogens is 240 g/mol. The first kappa shape index (κ1) is 14.0. The number of rotatable bonds is 6. The Morgan fingerprint density at radius 1 is 1.59 bits per heavy atom. The molecular formula is C11H19ClN4O. The summed E-state index contributed by atoms with van der Waals surface area (Å²) < 4.78 is 1.39. The second kappa shape index (κ2) is 6.61. The SMILES string of the molecule is CC(C)Cn1ncc(NCCCN)c(Cl)c1=O. The molecule has 17 heavy (non-hydrogen) atoms. The summed E-state index contributed by atoms with van der Waals surface area (Å²) in [5.41, 5.74) is 5.71. The summed E-state index contributed by atoms with van der Waals surface area (Å²) in [5.74, 6) is 0.354. The van der Waals surface area contributed by atoms with Crippen LogP contribution in [0.25, 0.3) is 0 Å². The minimum Gasteiger partial charge on any atom is -0.382 e. The predicted octanol–water partition coefficient (Wildman–Crippen LogP) is 1.31. The van der Waals surface area contributed by atoms with Crippen LogP contribution < -0.4 is 16.6 Å². The first-order valence-electron chi connectivity index (χ1n) is 5.75. The first-order chi connectivity index (χ1) is 8.06. The van der Waals surface area contributed by atoms with Crippen molar-refractivity contribution in [3.8, 4) is 0 Å². The lowest BCUT2D eigenvalue weighted by Crippen LogP contribution is -2.26. The topological polar surface area (TPSA) is 72.9 Å². The third-order valence-corrected chi connectivity index (χ3v) is 2.58. The summed E-state index contributed by atoms with van der Waals surface area (Å²) in [6.07, 6.45) is 2.41. The Kier molecular flexibility index (Phi) is 5.44. The maximum absolute atomic E-state index is 11.9. The van der Waals surface area contributed by atoms with Gasteiger partial charge in [0.15, 0.2) is 0 Å². The van der Waals surface area contributed by atoms with Crippen LogP contribution in [-0.2, 0) is 6.54 Å². The zero-order chi connectivity index (χ0) is 12.8. The molecule has 0 aromatic carbocycles. The molecule has 0 atom stereocenters. The average Bonchev–Trinajstić information content (AvgIpc) is 2.28. The third kappa shape index (κ3) is 4.02. The van der Waals surface area contributed by atoms with Gasteiger partial charge >= 0.3 is 0 Å². The van der Waals surface area contributed by atoms with E-state index in [0.29, 0.717) is 31.2 Å². The minimum absolute atomic E-state index is 0.192. The second-order valence-electron chi connectivity index (χ2n) is 4.32. The van der Waals surface area contributed by atoms with E-state index >= 15 is 0 Å². The van der Waals surface area contributed by atoms with Gasteiger partial charge in [-0.25, -0.2) is 4.68 Å². The Balaban J connectivity index is 2.83. The summed E-state index contributed by atoms with van der Waals surface area (Å²) in [6, 6.07) is 0. The number of nitrogens with two attached hydrogens (primary N) is 1. The van der Waals surface area contributed by atoms with Gasteiger partial charge in [-0.2, -0.15) is 5.10 Å². The van der Waals surface area contributed by atoms with E-state index in [1.807, 2.05) is 13.8 Å². The van der Waals surface area contributed by atoms with Crippen LogP contribution in [-0.4, -0.2) is 22.9 Å². The van der Waals surface area contributed by atoms with Crippen LogP contribution in [0.5, 0.6) is 0 Å². The standard InChI is InChI=1S/C11H19ClN4O/c1-8(2)7-16-11(17)10(12)9(6-15-16)14-5-3-4-13/h6,8,14H,3-5,7,13H2,1-2H3. The largest absolute Gasteiger partial charge is 0.382 e. The molecule has 0 aliphatic rings. The third-order valence-electron chi connectivity index (χ3n) is 2.22. The molecule has 0 amide bonds. The maximum Gasteiger partial charge on any atom is 0.287 e. The van der Waals surface area contributed by atoms with E-state index in [1.165, 1.54) is 4.68 Å². The van der Waals surface area contributed by atoms with Gasteiger partial charge in [0.25, 0.3) is 5.56 Å². The molecule has 3 N–H and O–H groups in total. The Labute approximate surface area is 106 Å². The molecule has 1 aromatic rings. The zero-order valence-corrected chi connectivity index (χ0v) is 11.0. The summed E-state index contributed by atoms with van der Waals surface area (Å²) in [4.78, 5) is 11.9. The van der Waals surface area contributed by atoms with Crippen LogP contribution in [0, 0.1) is 5.92 Å². The van der Waals surface area contributed by atoms with Crippen molar-refractivity contribution in [1.82, 2.24) is 9.78 Å². The van der Waals surface area contributed by atoms with Gasteiger partial charge in [-0.1, -0.05) is 25.4 Å².